The molecule has 0 unspecified atom stereocenters. The summed E-state index contributed by atoms with van der Waals surface area (Å²) in [6, 6.07) is 0. The molecule has 0 saturated heterocycles. The van der Waals surface area contributed by atoms with Crippen LogP contribution >= 0.6 is 0 Å². The van der Waals surface area contributed by atoms with Crippen LogP contribution < -0.4 is 0 Å². The standard InChI is InChI=1S/C5H11O.Hf/c1-4-5(2,3)6;/h4H2,1-3H3;/q-1;+1. The molecule has 0 aromatic carbocycles. The Kier molecular flexibility index (Phi) is 3.33. The van der Waals surface area contributed by atoms with Gasteiger partial charge in [-0.3, -0.25) is 0 Å². The third kappa shape index (κ3) is 3.42. The van der Waals surface area contributed by atoms with Crippen LogP contribution in [-0.4, -0.2) is 5.60 Å². The zero-order chi connectivity index (χ0) is 5.91. The van der Waals surface area contributed by atoms with Crippen molar-refractivity contribution in [3.8, 4) is 0 Å². The maximum absolute atomic E-state index is 5.23. The summed E-state index contributed by atoms with van der Waals surface area (Å²) >= 11 is 0.857. The molecule has 0 bridgehead atoms. The van der Waals surface area contributed by atoms with Crippen molar-refractivity contribution in [3.63, 3.8) is 0 Å². The summed E-state index contributed by atoms with van der Waals surface area (Å²) in [5.74, 6) is 0. The fourth-order valence-electron chi connectivity index (χ4n) is 0.0722. The zero-order valence-corrected chi connectivity index (χ0v) is 8.71. The molecule has 0 aliphatic carbocycles. The fraction of sp³-hybridized carbons (Fsp3) is 1.00. The summed E-state index contributed by atoms with van der Waals surface area (Å²) in [6.45, 7) is 6.36. The van der Waals surface area contributed by atoms with Crippen LogP contribution in [0.25, 0.3) is 0 Å². The SMILES string of the molecule is CCC(C)(C)[O][Hf]. The number of rotatable bonds is 2. The molecule has 0 aromatic rings. The minimum absolute atomic E-state index is 0.145. The second-order valence-electron chi connectivity index (χ2n) is 2.22. The molecule has 0 aromatic heterocycles. The fourth-order valence-corrected chi connectivity index (χ4v) is 0.591. The van der Waals surface area contributed by atoms with Crippen LogP contribution in [0, 0.1) is 0 Å². The van der Waals surface area contributed by atoms with E-state index in [1.54, 1.807) is 0 Å². The van der Waals surface area contributed by atoms with Gasteiger partial charge in [-0.2, -0.15) is 0 Å². The topological polar surface area (TPSA) is 9.23 Å². The third-order valence-corrected chi connectivity index (χ3v) is 3.11. The first-order valence-electron chi connectivity index (χ1n) is 2.47. The maximum atomic E-state index is 5.23. The van der Waals surface area contributed by atoms with Gasteiger partial charge in [-0.15, -0.1) is 0 Å². The molecule has 0 heterocycles. The van der Waals surface area contributed by atoms with Gasteiger partial charge in [-0.1, -0.05) is 0 Å². The van der Waals surface area contributed by atoms with E-state index in [0.29, 0.717) is 0 Å². The minimum atomic E-state index is 0.145. The Morgan fingerprint density at radius 2 is 2.00 bits per heavy atom. The Hall–Kier alpha value is 0.830. The van der Waals surface area contributed by atoms with Crippen LogP contribution in [0.4, 0.5) is 0 Å². The van der Waals surface area contributed by atoms with Crippen LogP contribution in [0.3, 0.4) is 0 Å². The van der Waals surface area contributed by atoms with Crippen molar-refractivity contribution in [3.05, 3.63) is 0 Å². The van der Waals surface area contributed by atoms with Gasteiger partial charge in [-0.05, 0) is 0 Å². The zero-order valence-electron chi connectivity index (χ0n) is 5.12. The van der Waals surface area contributed by atoms with Crippen molar-refractivity contribution in [2.24, 2.45) is 0 Å². The molecule has 0 N–H and O–H groups in total. The first-order chi connectivity index (χ1) is 3.12. The Morgan fingerprint density at radius 3 is 2.00 bits per heavy atom. The number of hydrogen-bond donors (Lipinski definition) is 0. The summed E-state index contributed by atoms with van der Waals surface area (Å²) in [7, 11) is 0. The van der Waals surface area contributed by atoms with Gasteiger partial charge in [0.25, 0.3) is 0 Å². The van der Waals surface area contributed by atoms with E-state index < -0.39 is 0 Å². The Morgan fingerprint density at radius 1 is 1.57 bits per heavy atom. The molecule has 0 rings (SSSR count). The molecule has 0 atom stereocenters. The van der Waals surface area contributed by atoms with Crippen LogP contribution in [-0.2, 0) is 27.7 Å². The first-order valence-corrected chi connectivity index (χ1v) is 3.94. The molecule has 0 radical (unpaired) electrons. The van der Waals surface area contributed by atoms with E-state index in [9.17, 15) is 0 Å². The Balaban J connectivity index is 3.36. The van der Waals surface area contributed by atoms with Gasteiger partial charge in [0.05, 0.1) is 0 Å². The molecule has 41 valence electrons. The van der Waals surface area contributed by atoms with E-state index in [1.165, 1.54) is 0 Å². The molecular weight excluding hydrogens is 255 g/mol. The van der Waals surface area contributed by atoms with Crippen molar-refractivity contribution < 1.29 is 27.7 Å². The van der Waals surface area contributed by atoms with Gasteiger partial charge in [0, 0.05) is 0 Å². The van der Waals surface area contributed by atoms with Crippen molar-refractivity contribution in [1.82, 2.24) is 0 Å². The predicted octanol–water partition coefficient (Wildman–Crippen LogP) is 1.65. The molecule has 2 heteroatoms. The van der Waals surface area contributed by atoms with Gasteiger partial charge < -0.3 is 0 Å². The van der Waals surface area contributed by atoms with Gasteiger partial charge >= 0.3 is 60.5 Å². The molecule has 1 nitrogen and oxygen atoms in total. The average Bonchev–Trinajstić information content (AvgIpc) is 1.68. The monoisotopic (exact) mass is 267 g/mol. The molecule has 7 heavy (non-hydrogen) atoms. The quantitative estimate of drug-likeness (QED) is 0.690. The van der Waals surface area contributed by atoms with E-state index in [1.807, 2.05) is 0 Å². The van der Waals surface area contributed by atoms with Crippen molar-refractivity contribution in [2.45, 2.75) is 32.8 Å². The van der Waals surface area contributed by atoms with E-state index in [-0.39, 0.29) is 5.60 Å². The van der Waals surface area contributed by atoms with Gasteiger partial charge in [0.15, 0.2) is 0 Å². The van der Waals surface area contributed by atoms with Crippen LogP contribution in [0.5, 0.6) is 0 Å². The molecule has 0 saturated carbocycles. The third-order valence-electron chi connectivity index (χ3n) is 1.13. The predicted molar refractivity (Wildman–Crippen MR) is 25.5 cm³/mol. The van der Waals surface area contributed by atoms with Crippen molar-refractivity contribution in [2.75, 3.05) is 0 Å². The second kappa shape index (κ2) is 2.98. The van der Waals surface area contributed by atoms with E-state index in [0.717, 1.165) is 31.2 Å². The normalized spacial score (nSPS) is 11.7. The molecule has 0 spiro atoms. The second-order valence-corrected chi connectivity index (χ2v) is 2.95. The van der Waals surface area contributed by atoms with Crippen molar-refractivity contribution in [1.29, 1.82) is 0 Å². The van der Waals surface area contributed by atoms with Gasteiger partial charge in [0.2, 0.25) is 0 Å². The van der Waals surface area contributed by atoms with E-state index in [4.69, 9.17) is 2.85 Å². The summed E-state index contributed by atoms with van der Waals surface area (Å²) in [5, 5.41) is 0. The van der Waals surface area contributed by atoms with Gasteiger partial charge in [0.1, 0.15) is 0 Å². The Labute approximate surface area is 60.6 Å². The van der Waals surface area contributed by atoms with Crippen molar-refractivity contribution >= 4 is 0 Å². The summed E-state index contributed by atoms with van der Waals surface area (Å²) in [6.07, 6.45) is 1.11. The van der Waals surface area contributed by atoms with Gasteiger partial charge in [-0.25, -0.2) is 0 Å². The van der Waals surface area contributed by atoms with Crippen LogP contribution in [0.2, 0.25) is 0 Å². The summed E-state index contributed by atoms with van der Waals surface area (Å²) < 4.78 is 5.23. The Bertz CT molecular complexity index is 46.0. The molecule has 0 aliphatic heterocycles. The molecule has 0 aliphatic rings. The molecular formula is C5H11HfO. The van der Waals surface area contributed by atoms with E-state index >= 15 is 0 Å². The van der Waals surface area contributed by atoms with E-state index in [2.05, 4.69) is 20.8 Å². The van der Waals surface area contributed by atoms with Crippen LogP contribution in [0.1, 0.15) is 27.2 Å². The van der Waals surface area contributed by atoms with Crippen LogP contribution in [0.15, 0.2) is 0 Å². The first kappa shape index (κ1) is 7.83. The summed E-state index contributed by atoms with van der Waals surface area (Å²) in [5.41, 5.74) is 0.145. The number of hydrogen-bond acceptors (Lipinski definition) is 1. The summed E-state index contributed by atoms with van der Waals surface area (Å²) in [4.78, 5) is 0. The average molecular weight is 266 g/mol. The molecule has 0 amide bonds. The molecule has 0 fully saturated rings.